The number of methoxy groups -OCH3 is 1. The molecule has 1 fully saturated rings. The van der Waals surface area contributed by atoms with Gasteiger partial charge >= 0.3 is 5.97 Å². The van der Waals surface area contributed by atoms with Crippen LogP contribution in [0.4, 0.5) is 0 Å². The van der Waals surface area contributed by atoms with E-state index in [1.54, 1.807) is 30.3 Å². The van der Waals surface area contributed by atoms with Gasteiger partial charge in [0.2, 0.25) is 10.0 Å². The molecule has 0 atom stereocenters. The molecule has 0 bridgehead atoms. The monoisotopic (exact) mass is 459 g/mol. The van der Waals surface area contributed by atoms with E-state index in [0.29, 0.717) is 29.7 Å². The first kappa shape index (κ1) is 23.9. The molecule has 7 nitrogen and oxygen atoms in total. The number of esters is 1. The van der Waals surface area contributed by atoms with Crippen molar-refractivity contribution in [2.45, 2.75) is 45.1 Å². The summed E-state index contributed by atoms with van der Waals surface area (Å²) >= 11 is 0. The van der Waals surface area contributed by atoms with Crippen molar-refractivity contribution in [2.75, 3.05) is 20.2 Å². The van der Waals surface area contributed by atoms with Gasteiger partial charge in [0.25, 0.3) is 0 Å². The highest BCUT2D eigenvalue weighted by atomic mass is 32.2. The number of hydrogen-bond donors (Lipinski definition) is 0. The van der Waals surface area contributed by atoms with Gasteiger partial charge in [0.05, 0.1) is 17.9 Å². The Hall–Kier alpha value is -2.71. The maximum Gasteiger partial charge on any atom is 0.309 e. The lowest BCUT2D eigenvalue weighted by Crippen LogP contribution is -2.40. The third kappa shape index (κ3) is 5.19. The minimum absolute atomic E-state index is 0.00964. The van der Waals surface area contributed by atoms with E-state index < -0.39 is 10.0 Å². The zero-order valence-corrected chi connectivity index (χ0v) is 19.7. The molecule has 32 heavy (non-hydrogen) atoms. The zero-order valence-electron chi connectivity index (χ0n) is 18.9. The van der Waals surface area contributed by atoms with E-state index in [4.69, 9.17) is 9.47 Å². The normalized spacial score (nSPS) is 15.4. The van der Waals surface area contributed by atoms with E-state index in [9.17, 15) is 18.0 Å². The van der Waals surface area contributed by atoms with Gasteiger partial charge in [-0.15, -0.1) is 0 Å². The number of rotatable bonds is 7. The van der Waals surface area contributed by atoms with Crippen molar-refractivity contribution in [1.29, 1.82) is 0 Å². The number of Topliss-reactive ketones (excluding diaryl/α,β-unsaturated/α-hetero) is 1. The van der Waals surface area contributed by atoms with Gasteiger partial charge in [-0.2, -0.15) is 4.31 Å². The summed E-state index contributed by atoms with van der Waals surface area (Å²) in [6.07, 6.45) is 0.793. The summed E-state index contributed by atoms with van der Waals surface area (Å²) in [6, 6.07) is 10.1. The summed E-state index contributed by atoms with van der Waals surface area (Å²) in [6.45, 7) is 5.81. The first-order valence-corrected chi connectivity index (χ1v) is 12.0. The highest BCUT2D eigenvalue weighted by Gasteiger charge is 2.33. The van der Waals surface area contributed by atoms with Crippen molar-refractivity contribution in [1.82, 2.24) is 4.31 Å². The Balaban J connectivity index is 1.61. The van der Waals surface area contributed by atoms with Crippen LogP contribution in [0.15, 0.2) is 41.3 Å². The first-order chi connectivity index (χ1) is 15.1. The van der Waals surface area contributed by atoms with Crippen LogP contribution < -0.4 is 4.74 Å². The minimum Gasteiger partial charge on any atom is -0.496 e. The van der Waals surface area contributed by atoms with E-state index in [1.165, 1.54) is 18.3 Å². The summed E-state index contributed by atoms with van der Waals surface area (Å²) in [5, 5.41) is 0. The van der Waals surface area contributed by atoms with Crippen LogP contribution in [0.1, 0.15) is 46.8 Å². The van der Waals surface area contributed by atoms with Crippen molar-refractivity contribution in [3.63, 3.8) is 0 Å². The van der Waals surface area contributed by atoms with E-state index >= 15 is 0 Å². The number of sulfonamides is 1. The number of ether oxygens (including phenoxy) is 2. The van der Waals surface area contributed by atoms with Crippen LogP contribution in [0.5, 0.6) is 5.75 Å². The lowest BCUT2D eigenvalue weighted by atomic mass is 9.98. The maximum atomic E-state index is 13.0. The fourth-order valence-corrected chi connectivity index (χ4v) is 5.29. The fraction of sp³-hybridized carbons (Fsp3) is 0.417. The Kier molecular flexibility index (Phi) is 7.36. The standard InChI is InChI=1S/C24H29NO6S/c1-16-5-7-22(13-17(16)2)32(28,29)25-11-9-19(10-12-25)24(27)31-15-21-14-20(18(3)26)6-8-23(21)30-4/h5-8,13-14,19H,9-12,15H2,1-4H3. The van der Waals surface area contributed by atoms with Crippen LogP contribution >= 0.6 is 0 Å². The lowest BCUT2D eigenvalue weighted by molar-refractivity contribution is -0.151. The minimum atomic E-state index is -3.59. The largest absolute Gasteiger partial charge is 0.496 e. The highest BCUT2D eigenvalue weighted by molar-refractivity contribution is 7.89. The Morgan fingerprint density at radius 3 is 2.31 bits per heavy atom. The van der Waals surface area contributed by atoms with Gasteiger partial charge in [-0.05, 0) is 75.1 Å². The SMILES string of the molecule is COc1ccc(C(C)=O)cc1COC(=O)C1CCN(S(=O)(=O)c2ccc(C)c(C)c2)CC1. The predicted molar refractivity (Wildman–Crippen MR) is 120 cm³/mol. The molecule has 0 radical (unpaired) electrons. The Morgan fingerprint density at radius 2 is 1.72 bits per heavy atom. The maximum absolute atomic E-state index is 13.0. The van der Waals surface area contributed by atoms with Crippen LogP contribution in [-0.4, -0.2) is 44.7 Å². The van der Waals surface area contributed by atoms with Gasteiger partial charge < -0.3 is 9.47 Å². The molecule has 0 amide bonds. The van der Waals surface area contributed by atoms with Crippen LogP contribution in [0.2, 0.25) is 0 Å². The Morgan fingerprint density at radius 1 is 1.03 bits per heavy atom. The summed E-state index contributed by atoms with van der Waals surface area (Å²) in [4.78, 5) is 24.5. The van der Waals surface area contributed by atoms with Crippen molar-refractivity contribution >= 4 is 21.8 Å². The summed E-state index contributed by atoms with van der Waals surface area (Å²) < 4.78 is 38.1. The molecule has 0 unspecified atom stereocenters. The molecule has 1 aliphatic rings. The molecule has 0 spiro atoms. The number of hydrogen-bond acceptors (Lipinski definition) is 6. The quantitative estimate of drug-likeness (QED) is 0.464. The number of aryl methyl sites for hydroxylation is 2. The fourth-order valence-electron chi connectivity index (χ4n) is 3.73. The van der Waals surface area contributed by atoms with Crippen molar-refractivity contribution in [2.24, 2.45) is 5.92 Å². The average Bonchev–Trinajstić information content (AvgIpc) is 2.78. The molecule has 2 aromatic rings. The third-order valence-electron chi connectivity index (χ3n) is 5.96. The van der Waals surface area contributed by atoms with Crippen LogP contribution in [0.3, 0.4) is 0 Å². The molecule has 3 rings (SSSR count). The Labute approximate surface area is 189 Å². The van der Waals surface area contributed by atoms with E-state index in [2.05, 4.69) is 0 Å². The first-order valence-electron chi connectivity index (χ1n) is 10.6. The van der Waals surface area contributed by atoms with Gasteiger partial charge in [0.1, 0.15) is 12.4 Å². The summed E-state index contributed by atoms with van der Waals surface area (Å²) in [5.41, 5.74) is 3.09. The van der Waals surface area contributed by atoms with Crippen molar-refractivity contribution in [3.05, 3.63) is 58.7 Å². The van der Waals surface area contributed by atoms with Gasteiger partial charge in [0.15, 0.2) is 5.78 Å². The second-order valence-electron chi connectivity index (χ2n) is 8.11. The molecule has 2 aromatic carbocycles. The third-order valence-corrected chi connectivity index (χ3v) is 7.85. The second-order valence-corrected chi connectivity index (χ2v) is 10.1. The molecule has 0 aliphatic carbocycles. The average molecular weight is 460 g/mol. The molecule has 172 valence electrons. The summed E-state index contributed by atoms with van der Waals surface area (Å²) in [5.74, 6) is -0.290. The predicted octanol–water partition coefficient (Wildman–Crippen LogP) is 3.66. The number of carbonyl (C=O) groups excluding carboxylic acids is 2. The van der Waals surface area contributed by atoms with Gasteiger partial charge in [-0.25, -0.2) is 8.42 Å². The molecular weight excluding hydrogens is 430 g/mol. The summed E-state index contributed by atoms with van der Waals surface area (Å²) in [7, 11) is -2.08. The van der Waals surface area contributed by atoms with E-state index in [1.807, 2.05) is 19.9 Å². The number of nitrogens with zero attached hydrogens (tertiary/aromatic N) is 1. The molecule has 0 aromatic heterocycles. The van der Waals surface area contributed by atoms with Crippen LogP contribution in [0, 0.1) is 19.8 Å². The van der Waals surface area contributed by atoms with E-state index in [-0.39, 0.29) is 42.3 Å². The van der Waals surface area contributed by atoms with Crippen LogP contribution in [-0.2, 0) is 26.2 Å². The molecule has 1 saturated heterocycles. The number of ketones is 1. The van der Waals surface area contributed by atoms with Crippen molar-refractivity contribution in [3.8, 4) is 5.75 Å². The molecule has 0 N–H and O–H groups in total. The van der Waals surface area contributed by atoms with Gasteiger partial charge in [-0.3, -0.25) is 9.59 Å². The number of piperidine rings is 1. The van der Waals surface area contributed by atoms with E-state index in [0.717, 1.165) is 11.1 Å². The zero-order chi connectivity index (χ0) is 23.5. The Bertz CT molecular complexity index is 1120. The molecule has 1 heterocycles. The smallest absolute Gasteiger partial charge is 0.309 e. The lowest BCUT2D eigenvalue weighted by Gasteiger charge is -2.30. The molecule has 1 aliphatic heterocycles. The van der Waals surface area contributed by atoms with Gasteiger partial charge in [-0.1, -0.05) is 6.07 Å². The number of benzene rings is 2. The molecular formula is C24H29NO6S. The molecule has 0 saturated carbocycles. The van der Waals surface area contributed by atoms with Crippen molar-refractivity contribution < 1.29 is 27.5 Å². The highest BCUT2D eigenvalue weighted by Crippen LogP contribution is 2.27. The number of carbonyl (C=O) groups is 2. The molecule has 8 heteroatoms. The van der Waals surface area contributed by atoms with Crippen LogP contribution in [0.25, 0.3) is 0 Å². The second kappa shape index (κ2) is 9.83. The van der Waals surface area contributed by atoms with Gasteiger partial charge in [0, 0.05) is 24.2 Å². The topological polar surface area (TPSA) is 90.0 Å².